The Kier molecular flexibility index (Phi) is 6.47. The minimum Gasteiger partial charge on any atom is -0.379 e. The zero-order valence-electron chi connectivity index (χ0n) is 16.9. The molecule has 0 bridgehead atoms. The lowest BCUT2D eigenvalue weighted by molar-refractivity contribution is -0.384. The van der Waals surface area contributed by atoms with Crippen LogP contribution in [0, 0.1) is 17.0 Å². The highest BCUT2D eigenvalue weighted by Crippen LogP contribution is 2.36. The van der Waals surface area contributed by atoms with Gasteiger partial charge in [-0.15, -0.1) is 0 Å². The van der Waals surface area contributed by atoms with Gasteiger partial charge in [-0.2, -0.15) is 0 Å². The number of nitro groups is 1. The Bertz CT molecular complexity index is 1090. The van der Waals surface area contributed by atoms with Crippen molar-refractivity contribution in [1.29, 1.82) is 0 Å². The first-order chi connectivity index (χ1) is 14.9. The third-order valence-corrected chi connectivity index (χ3v) is 6.75. The number of anilines is 1. The summed E-state index contributed by atoms with van der Waals surface area (Å²) in [5.41, 5.74) is 1.86. The SMILES string of the molecule is Cc1ccc(Cl)c2sc(N(CCN3CCOCC3)C(=O)c3cccc([N+](=O)[O-])c3)nc12. The van der Waals surface area contributed by atoms with E-state index in [9.17, 15) is 14.9 Å². The first-order valence-corrected chi connectivity index (χ1v) is 11.1. The van der Waals surface area contributed by atoms with Crippen molar-refractivity contribution in [2.45, 2.75) is 6.92 Å². The molecule has 1 aliphatic rings. The van der Waals surface area contributed by atoms with Gasteiger partial charge in [-0.25, -0.2) is 4.98 Å². The molecule has 0 saturated carbocycles. The van der Waals surface area contributed by atoms with Crippen LogP contribution < -0.4 is 4.90 Å². The number of benzene rings is 2. The van der Waals surface area contributed by atoms with Crippen molar-refractivity contribution in [3.05, 3.63) is 62.7 Å². The predicted molar refractivity (Wildman–Crippen MR) is 121 cm³/mol. The van der Waals surface area contributed by atoms with Gasteiger partial charge >= 0.3 is 0 Å². The normalized spacial score (nSPS) is 14.6. The molecule has 0 N–H and O–H groups in total. The Labute approximate surface area is 188 Å². The van der Waals surface area contributed by atoms with E-state index in [0.29, 0.717) is 36.5 Å². The van der Waals surface area contributed by atoms with E-state index in [0.717, 1.165) is 28.9 Å². The van der Waals surface area contributed by atoms with Gasteiger partial charge in [0.1, 0.15) is 0 Å². The highest BCUT2D eigenvalue weighted by atomic mass is 35.5. The maximum atomic E-state index is 13.4. The van der Waals surface area contributed by atoms with Crippen LogP contribution in [0.5, 0.6) is 0 Å². The summed E-state index contributed by atoms with van der Waals surface area (Å²) in [7, 11) is 0. The fourth-order valence-corrected chi connectivity index (χ4v) is 4.81. The highest BCUT2D eigenvalue weighted by molar-refractivity contribution is 7.23. The lowest BCUT2D eigenvalue weighted by Crippen LogP contribution is -2.43. The van der Waals surface area contributed by atoms with Crippen LogP contribution in [0.15, 0.2) is 36.4 Å². The fourth-order valence-electron chi connectivity index (χ4n) is 3.46. The van der Waals surface area contributed by atoms with E-state index in [-0.39, 0.29) is 17.2 Å². The van der Waals surface area contributed by atoms with Gasteiger partial charge in [0.05, 0.1) is 33.4 Å². The predicted octanol–water partition coefficient (Wildman–Crippen LogP) is 4.15. The van der Waals surface area contributed by atoms with Crippen LogP contribution in [0.3, 0.4) is 0 Å². The van der Waals surface area contributed by atoms with Crippen molar-refractivity contribution in [3.8, 4) is 0 Å². The molecule has 162 valence electrons. The minimum atomic E-state index is -0.504. The van der Waals surface area contributed by atoms with E-state index in [2.05, 4.69) is 4.90 Å². The summed E-state index contributed by atoms with van der Waals surface area (Å²) in [6.07, 6.45) is 0. The van der Waals surface area contributed by atoms with Crippen molar-refractivity contribution in [3.63, 3.8) is 0 Å². The molecule has 0 unspecified atom stereocenters. The topological polar surface area (TPSA) is 88.8 Å². The van der Waals surface area contributed by atoms with E-state index in [1.165, 1.54) is 29.5 Å². The van der Waals surface area contributed by atoms with E-state index in [1.807, 2.05) is 19.1 Å². The molecule has 1 aromatic heterocycles. The first-order valence-electron chi connectivity index (χ1n) is 9.86. The minimum absolute atomic E-state index is 0.123. The zero-order valence-corrected chi connectivity index (χ0v) is 18.5. The lowest BCUT2D eigenvalue weighted by Gasteiger charge is -2.29. The van der Waals surface area contributed by atoms with Crippen molar-refractivity contribution in [2.75, 3.05) is 44.3 Å². The zero-order chi connectivity index (χ0) is 22.0. The maximum Gasteiger partial charge on any atom is 0.270 e. The average molecular weight is 461 g/mol. The van der Waals surface area contributed by atoms with Crippen molar-refractivity contribution in [1.82, 2.24) is 9.88 Å². The van der Waals surface area contributed by atoms with Gasteiger partial charge < -0.3 is 4.74 Å². The largest absolute Gasteiger partial charge is 0.379 e. The summed E-state index contributed by atoms with van der Waals surface area (Å²) in [5, 5.41) is 12.3. The number of morpholine rings is 1. The summed E-state index contributed by atoms with van der Waals surface area (Å²) in [4.78, 5) is 32.6. The summed E-state index contributed by atoms with van der Waals surface area (Å²) < 4.78 is 6.22. The second kappa shape index (κ2) is 9.27. The molecule has 0 radical (unpaired) electrons. The first kappa shape index (κ1) is 21.6. The number of fused-ring (bicyclic) bond motifs is 1. The van der Waals surface area contributed by atoms with E-state index in [1.54, 1.807) is 11.0 Å². The van der Waals surface area contributed by atoms with Gasteiger partial charge in [0, 0.05) is 43.9 Å². The van der Waals surface area contributed by atoms with Crippen LogP contribution in [-0.2, 0) is 4.74 Å². The number of hydrogen-bond donors (Lipinski definition) is 0. The molecule has 3 aromatic rings. The molecule has 1 aliphatic heterocycles. The Morgan fingerprint density at radius 3 is 2.81 bits per heavy atom. The lowest BCUT2D eigenvalue weighted by atomic mass is 10.2. The summed E-state index contributed by atoms with van der Waals surface area (Å²) >= 11 is 7.72. The molecule has 0 atom stereocenters. The highest BCUT2D eigenvalue weighted by Gasteiger charge is 2.25. The second-order valence-corrected chi connectivity index (χ2v) is 8.64. The van der Waals surface area contributed by atoms with Crippen molar-refractivity contribution >= 4 is 49.9 Å². The van der Waals surface area contributed by atoms with Crippen LogP contribution in [-0.4, -0.2) is 60.1 Å². The van der Waals surface area contributed by atoms with E-state index >= 15 is 0 Å². The van der Waals surface area contributed by atoms with Crippen molar-refractivity contribution < 1.29 is 14.5 Å². The number of nitrogens with zero attached hydrogens (tertiary/aromatic N) is 4. The Hall–Kier alpha value is -2.59. The van der Waals surface area contributed by atoms with Crippen LogP contribution in [0.4, 0.5) is 10.8 Å². The molecule has 0 aliphatic carbocycles. The van der Waals surface area contributed by atoms with Crippen LogP contribution >= 0.6 is 22.9 Å². The van der Waals surface area contributed by atoms with Gasteiger partial charge in [0.15, 0.2) is 5.13 Å². The molecule has 1 amide bonds. The average Bonchev–Trinajstić information content (AvgIpc) is 3.24. The molecule has 0 spiro atoms. The Morgan fingerprint density at radius 2 is 2.10 bits per heavy atom. The van der Waals surface area contributed by atoms with Gasteiger partial charge in [0.2, 0.25) is 0 Å². The molecule has 1 saturated heterocycles. The van der Waals surface area contributed by atoms with Crippen LogP contribution in [0.2, 0.25) is 5.02 Å². The number of halogens is 1. The maximum absolute atomic E-state index is 13.4. The number of rotatable bonds is 6. The number of thiazole rings is 1. The van der Waals surface area contributed by atoms with Crippen LogP contribution in [0.1, 0.15) is 15.9 Å². The quantitative estimate of drug-likeness (QED) is 0.405. The fraction of sp³-hybridized carbons (Fsp3) is 0.333. The number of carbonyl (C=O) groups is 1. The number of hydrogen-bond acceptors (Lipinski definition) is 7. The molecular weight excluding hydrogens is 440 g/mol. The second-order valence-electron chi connectivity index (χ2n) is 7.26. The standard InChI is InChI=1S/C21H21ClN4O4S/c1-14-5-6-17(22)19-18(14)23-21(31-19)25(8-7-24-9-11-30-12-10-24)20(27)15-3-2-4-16(13-15)26(28)29/h2-6,13H,7-12H2,1H3. The monoisotopic (exact) mass is 460 g/mol. The summed E-state index contributed by atoms with van der Waals surface area (Å²) in [6.45, 7) is 5.91. The third kappa shape index (κ3) is 4.69. The Balaban J connectivity index is 1.69. The molecule has 4 rings (SSSR count). The number of aromatic nitrogens is 1. The third-order valence-electron chi connectivity index (χ3n) is 5.21. The van der Waals surface area contributed by atoms with Gasteiger partial charge in [-0.05, 0) is 24.6 Å². The number of non-ortho nitro benzene ring substituents is 1. The van der Waals surface area contributed by atoms with Gasteiger partial charge in [-0.3, -0.25) is 24.7 Å². The van der Waals surface area contributed by atoms with Crippen molar-refractivity contribution in [2.24, 2.45) is 0 Å². The molecule has 2 aromatic carbocycles. The number of nitro benzene ring substituents is 1. The number of amides is 1. The summed E-state index contributed by atoms with van der Waals surface area (Å²) in [5.74, 6) is -0.329. The van der Waals surface area contributed by atoms with Gasteiger partial charge in [-0.1, -0.05) is 35.1 Å². The number of carbonyl (C=O) groups excluding carboxylic acids is 1. The Morgan fingerprint density at radius 1 is 1.32 bits per heavy atom. The number of ether oxygens (including phenoxy) is 1. The van der Waals surface area contributed by atoms with Gasteiger partial charge in [0.25, 0.3) is 11.6 Å². The molecule has 8 nitrogen and oxygen atoms in total. The summed E-state index contributed by atoms with van der Waals surface area (Å²) in [6, 6.07) is 9.50. The smallest absolute Gasteiger partial charge is 0.270 e. The van der Waals surface area contributed by atoms with E-state index < -0.39 is 4.92 Å². The molecule has 10 heteroatoms. The molecule has 31 heavy (non-hydrogen) atoms. The van der Waals surface area contributed by atoms with E-state index in [4.69, 9.17) is 21.3 Å². The molecule has 1 fully saturated rings. The molecular formula is C21H21ClN4O4S. The van der Waals surface area contributed by atoms with Crippen LogP contribution in [0.25, 0.3) is 10.2 Å². The molecule has 2 heterocycles. The number of aryl methyl sites for hydroxylation is 1.